The van der Waals surface area contributed by atoms with Crippen molar-refractivity contribution in [1.29, 1.82) is 0 Å². The number of carbonyl (C=O) groups is 1. The number of hydrogen-bond acceptors (Lipinski definition) is 5. The number of aromatic nitrogens is 2. The zero-order valence-electron chi connectivity index (χ0n) is 19.4. The molecular weight excluding hydrogens is 459 g/mol. The van der Waals surface area contributed by atoms with Crippen LogP contribution in [0.25, 0.3) is 11.0 Å². The molecule has 1 aromatic heterocycles. The number of imidazole rings is 1. The third-order valence-corrected chi connectivity index (χ3v) is 6.97. The highest BCUT2D eigenvalue weighted by molar-refractivity contribution is 5.82. The van der Waals surface area contributed by atoms with Crippen molar-refractivity contribution in [2.75, 3.05) is 20.2 Å². The van der Waals surface area contributed by atoms with Crippen LogP contribution in [-0.2, 0) is 17.5 Å². The number of alkyl halides is 3. The van der Waals surface area contributed by atoms with Crippen molar-refractivity contribution < 1.29 is 22.7 Å². The third-order valence-electron chi connectivity index (χ3n) is 6.97. The summed E-state index contributed by atoms with van der Waals surface area (Å²) in [6, 6.07) is 14.1. The Morgan fingerprint density at radius 3 is 2.63 bits per heavy atom. The van der Waals surface area contributed by atoms with Gasteiger partial charge in [-0.2, -0.15) is 13.2 Å². The Morgan fingerprint density at radius 1 is 1.11 bits per heavy atom. The van der Waals surface area contributed by atoms with Crippen LogP contribution >= 0.6 is 0 Å². The number of halogens is 3. The molecule has 2 unspecified atom stereocenters. The molecule has 2 atom stereocenters. The number of amides is 1. The van der Waals surface area contributed by atoms with E-state index in [0.29, 0.717) is 43.4 Å². The molecule has 0 aliphatic carbocycles. The van der Waals surface area contributed by atoms with Gasteiger partial charge in [0.25, 0.3) is 0 Å². The molecule has 2 N–H and O–H groups in total. The first-order valence-electron chi connectivity index (χ1n) is 11.8. The maximum Gasteiger partial charge on any atom is 0.449 e. The van der Waals surface area contributed by atoms with Crippen molar-refractivity contribution in [2.24, 2.45) is 5.92 Å². The first kappa shape index (κ1) is 23.6. The topological polar surface area (TPSA) is 71.4 Å². The van der Waals surface area contributed by atoms with Gasteiger partial charge in [-0.05, 0) is 55.0 Å². The summed E-state index contributed by atoms with van der Waals surface area (Å²) in [5.41, 5.74) is 8.19. The van der Waals surface area contributed by atoms with Gasteiger partial charge in [-0.3, -0.25) is 4.79 Å². The second kappa shape index (κ2) is 9.50. The van der Waals surface area contributed by atoms with E-state index in [1.807, 2.05) is 29.2 Å². The van der Waals surface area contributed by atoms with Gasteiger partial charge in [0, 0.05) is 25.7 Å². The lowest BCUT2D eigenvalue weighted by molar-refractivity contribution is -0.147. The minimum Gasteiger partial charge on any atom is -0.497 e. The first-order chi connectivity index (χ1) is 16.8. The maximum absolute atomic E-state index is 13.6. The van der Waals surface area contributed by atoms with Gasteiger partial charge < -0.3 is 14.2 Å². The van der Waals surface area contributed by atoms with Crippen LogP contribution in [0.5, 0.6) is 5.75 Å². The monoisotopic (exact) mass is 487 g/mol. The number of ether oxygens (including phenoxy) is 1. The molecule has 3 aromatic rings. The van der Waals surface area contributed by atoms with Crippen LogP contribution in [0.3, 0.4) is 0 Å². The number of hydrazine groups is 1. The van der Waals surface area contributed by atoms with Crippen molar-refractivity contribution in [1.82, 2.24) is 25.3 Å². The molecule has 35 heavy (non-hydrogen) atoms. The number of hydrogen-bond donors (Lipinski definition) is 2. The summed E-state index contributed by atoms with van der Waals surface area (Å²) >= 11 is 0. The maximum atomic E-state index is 13.6. The molecule has 7 nitrogen and oxygen atoms in total. The molecule has 10 heteroatoms. The van der Waals surface area contributed by atoms with Gasteiger partial charge in [0.2, 0.25) is 11.7 Å². The summed E-state index contributed by atoms with van der Waals surface area (Å²) in [7, 11) is 1.62. The SMILES string of the molecule is COc1cccc(C2CC(C(=O)N3CCC(Cn4c(C(F)(F)F)nc5ccccc54)CC3)NN2)c1. The van der Waals surface area contributed by atoms with Crippen molar-refractivity contribution in [3.63, 3.8) is 0 Å². The predicted molar refractivity (Wildman–Crippen MR) is 124 cm³/mol. The molecule has 2 aliphatic rings. The molecule has 2 aliphatic heterocycles. The zero-order valence-corrected chi connectivity index (χ0v) is 19.4. The van der Waals surface area contributed by atoms with E-state index >= 15 is 0 Å². The van der Waals surface area contributed by atoms with Crippen molar-refractivity contribution in [3.05, 3.63) is 59.9 Å². The average Bonchev–Trinajstić information content (AvgIpc) is 3.50. The smallest absolute Gasteiger partial charge is 0.449 e. The second-order valence-corrected chi connectivity index (χ2v) is 9.21. The number of nitrogens with one attached hydrogen (secondary N) is 2. The lowest BCUT2D eigenvalue weighted by Gasteiger charge is -2.34. The van der Waals surface area contributed by atoms with Crippen LogP contribution in [0.15, 0.2) is 48.5 Å². The van der Waals surface area contributed by atoms with E-state index in [-0.39, 0.29) is 30.5 Å². The van der Waals surface area contributed by atoms with E-state index in [9.17, 15) is 18.0 Å². The Hall–Kier alpha value is -3.11. The first-order valence-corrected chi connectivity index (χ1v) is 11.8. The Labute approximate surface area is 201 Å². The zero-order chi connectivity index (χ0) is 24.6. The van der Waals surface area contributed by atoms with Gasteiger partial charge in [0.15, 0.2) is 0 Å². The molecule has 186 valence electrons. The van der Waals surface area contributed by atoms with Gasteiger partial charge in [0.05, 0.1) is 18.1 Å². The van der Waals surface area contributed by atoms with Gasteiger partial charge in [0.1, 0.15) is 11.8 Å². The summed E-state index contributed by atoms with van der Waals surface area (Å²) in [6.07, 6.45) is -2.61. The van der Waals surface area contributed by atoms with E-state index in [2.05, 4.69) is 15.8 Å². The standard InChI is InChI=1S/C25H28F3N5O2/c1-35-18-6-4-5-17(13-18)20-14-21(31-30-20)23(34)32-11-9-16(10-12-32)15-33-22-8-3-2-7-19(22)29-24(33)25(26,27)28/h2-8,13,16,20-21,30-31H,9-12,14-15H2,1H3. The Bertz CT molecular complexity index is 1200. The number of benzene rings is 2. The number of fused-ring (bicyclic) bond motifs is 1. The predicted octanol–water partition coefficient (Wildman–Crippen LogP) is 3.91. The van der Waals surface area contributed by atoms with E-state index in [0.717, 1.165) is 11.3 Å². The molecule has 0 saturated carbocycles. The van der Waals surface area contributed by atoms with Crippen LogP contribution in [0.1, 0.15) is 36.7 Å². The molecule has 2 aromatic carbocycles. The van der Waals surface area contributed by atoms with Crippen LogP contribution in [0, 0.1) is 5.92 Å². The Morgan fingerprint density at radius 2 is 1.89 bits per heavy atom. The number of piperidine rings is 1. The summed E-state index contributed by atoms with van der Waals surface area (Å²) < 4.78 is 47.4. The minimum atomic E-state index is -4.52. The molecular formula is C25H28F3N5O2. The summed E-state index contributed by atoms with van der Waals surface area (Å²) in [5.74, 6) is -0.0371. The lowest BCUT2D eigenvalue weighted by atomic mass is 9.95. The quantitative estimate of drug-likeness (QED) is 0.571. The molecule has 1 amide bonds. The van der Waals surface area contributed by atoms with Crippen molar-refractivity contribution in [2.45, 2.75) is 44.1 Å². The molecule has 3 heterocycles. The van der Waals surface area contributed by atoms with E-state index < -0.39 is 12.0 Å². The van der Waals surface area contributed by atoms with Gasteiger partial charge in [-0.25, -0.2) is 15.8 Å². The van der Waals surface area contributed by atoms with Gasteiger partial charge >= 0.3 is 6.18 Å². The lowest BCUT2D eigenvalue weighted by Crippen LogP contribution is -2.48. The summed E-state index contributed by atoms with van der Waals surface area (Å²) in [6.45, 7) is 1.29. The van der Waals surface area contributed by atoms with E-state index in [1.54, 1.807) is 31.4 Å². The highest BCUT2D eigenvalue weighted by atomic mass is 19.4. The molecule has 2 fully saturated rings. The molecule has 0 spiro atoms. The molecule has 2 saturated heterocycles. The Kier molecular flexibility index (Phi) is 6.41. The number of likely N-dealkylation sites (tertiary alicyclic amines) is 1. The van der Waals surface area contributed by atoms with Crippen molar-refractivity contribution >= 4 is 16.9 Å². The molecule has 5 rings (SSSR count). The van der Waals surface area contributed by atoms with Crippen molar-refractivity contribution in [3.8, 4) is 5.75 Å². The van der Waals surface area contributed by atoms with Crippen LogP contribution < -0.4 is 15.6 Å². The summed E-state index contributed by atoms with van der Waals surface area (Å²) in [5, 5.41) is 0. The van der Waals surface area contributed by atoms with E-state index in [1.165, 1.54) is 4.57 Å². The van der Waals surface area contributed by atoms with Crippen LogP contribution in [0.4, 0.5) is 13.2 Å². The largest absolute Gasteiger partial charge is 0.497 e. The van der Waals surface area contributed by atoms with Crippen LogP contribution in [0.2, 0.25) is 0 Å². The fourth-order valence-corrected chi connectivity index (χ4v) is 5.09. The van der Waals surface area contributed by atoms with Gasteiger partial charge in [-0.1, -0.05) is 24.3 Å². The molecule has 0 radical (unpaired) electrons. The fourth-order valence-electron chi connectivity index (χ4n) is 5.09. The number of carbonyl (C=O) groups excluding carboxylic acids is 1. The highest BCUT2D eigenvalue weighted by Crippen LogP contribution is 2.33. The summed E-state index contributed by atoms with van der Waals surface area (Å²) in [4.78, 5) is 18.8. The van der Waals surface area contributed by atoms with Crippen LogP contribution in [-0.4, -0.2) is 46.6 Å². The number of nitrogens with zero attached hydrogens (tertiary/aromatic N) is 3. The second-order valence-electron chi connectivity index (χ2n) is 9.21. The number of methoxy groups -OCH3 is 1. The number of rotatable bonds is 5. The number of para-hydroxylation sites is 2. The normalized spacial score (nSPS) is 21.5. The van der Waals surface area contributed by atoms with Gasteiger partial charge in [-0.15, -0.1) is 0 Å². The molecule has 0 bridgehead atoms. The van der Waals surface area contributed by atoms with E-state index in [4.69, 9.17) is 4.74 Å². The fraction of sp³-hybridized carbons (Fsp3) is 0.440. The minimum absolute atomic E-state index is 0.00750. The average molecular weight is 488 g/mol. The highest BCUT2D eigenvalue weighted by Gasteiger charge is 2.39. The third kappa shape index (κ3) is 4.85. The Balaban J connectivity index is 1.20.